The molecule has 1 heterocycles. The quantitative estimate of drug-likeness (QED) is 0.406. The fraction of sp³-hybridized carbons (Fsp3) is 0.464. The topological polar surface area (TPSA) is 134 Å². The Morgan fingerprint density at radius 1 is 1.08 bits per heavy atom. The van der Waals surface area contributed by atoms with E-state index in [9.17, 15) is 4.79 Å². The van der Waals surface area contributed by atoms with Crippen molar-refractivity contribution in [2.45, 2.75) is 52.7 Å². The molecule has 0 aliphatic heterocycles. The number of carbonyl (C=O) groups excluding carboxylic acids is 1. The number of methoxy groups -OCH3 is 4. The number of nitrogens with two attached hydrogens (primary N) is 1. The van der Waals surface area contributed by atoms with Gasteiger partial charge < -0.3 is 30.0 Å². The number of H-pyrrole nitrogens is 1. The summed E-state index contributed by atoms with van der Waals surface area (Å²) in [6.45, 7) is 9.92. The molecule has 2 aromatic rings. The van der Waals surface area contributed by atoms with Gasteiger partial charge in [0.05, 0.1) is 33.1 Å². The molecule has 1 aromatic carbocycles. The lowest BCUT2D eigenvalue weighted by molar-refractivity contribution is -0.117. The Hall–Kier alpha value is -3.63. The van der Waals surface area contributed by atoms with E-state index in [1.807, 2.05) is 58.9 Å². The van der Waals surface area contributed by atoms with E-state index in [1.54, 1.807) is 40.6 Å². The zero-order valence-corrected chi connectivity index (χ0v) is 23.8. The molecule has 0 radical (unpaired) electrons. The number of hydrogen-bond donors (Lipinski definition) is 3. The van der Waals surface area contributed by atoms with Crippen LogP contribution in [0.3, 0.4) is 0 Å². The van der Waals surface area contributed by atoms with E-state index < -0.39 is 11.6 Å². The first-order chi connectivity index (χ1) is 18.2. The number of allylic oxidation sites excluding steroid dienone is 3. The van der Waals surface area contributed by atoms with Crippen LogP contribution in [0.2, 0.25) is 0 Å². The Kier molecular flexibility index (Phi) is 11.1. The van der Waals surface area contributed by atoms with E-state index in [-0.39, 0.29) is 5.91 Å². The Balaban J connectivity index is 0.00000247. The van der Waals surface area contributed by atoms with Gasteiger partial charge in [-0.15, -0.1) is 0 Å². The molecule has 10 heteroatoms. The molecular formula is C28H41N5O5. The van der Waals surface area contributed by atoms with Gasteiger partial charge in [0.1, 0.15) is 22.7 Å². The summed E-state index contributed by atoms with van der Waals surface area (Å²) >= 11 is 0. The summed E-state index contributed by atoms with van der Waals surface area (Å²) in [5, 5.41) is 14.4. The third-order valence-corrected chi connectivity index (χ3v) is 6.00. The van der Waals surface area contributed by atoms with Crippen molar-refractivity contribution in [1.29, 1.82) is 0 Å². The van der Waals surface area contributed by atoms with Crippen LogP contribution in [-0.2, 0) is 19.0 Å². The number of nitrogens with zero attached hydrogens (tertiary/aromatic N) is 2. The van der Waals surface area contributed by atoms with E-state index >= 15 is 0 Å². The van der Waals surface area contributed by atoms with E-state index in [2.05, 4.69) is 20.7 Å². The van der Waals surface area contributed by atoms with Crippen LogP contribution in [0.5, 0.6) is 5.75 Å². The SMILES string of the molecule is CC.COC1=C(OC)C(C)(OC)C=CC(c2n[nH]nc2-c2ccc(OC)c(NC(=O)C(N)CC(C)C)c2)=C1. The summed E-state index contributed by atoms with van der Waals surface area (Å²) in [5.74, 6) is 1.54. The Morgan fingerprint density at radius 3 is 2.34 bits per heavy atom. The normalized spacial score (nSPS) is 17.7. The number of carbonyl (C=O) groups is 1. The molecule has 0 saturated heterocycles. The molecule has 0 spiro atoms. The van der Waals surface area contributed by atoms with Crippen molar-refractivity contribution in [2.24, 2.45) is 11.7 Å². The monoisotopic (exact) mass is 527 g/mol. The van der Waals surface area contributed by atoms with Gasteiger partial charge in [-0.2, -0.15) is 15.4 Å². The second kappa shape index (κ2) is 13.8. The Morgan fingerprint density at radius 2 is 1.76 bits per heavy atom. The number of aromatic amines is 1. The van der Waals surface area contributed by atoms with Gasteiger partial charge in [-0.1, -0.05) is 33.8 Å². The van der Waals surface area contributed by atoms with Crippen LogP contribution in [0.15, 0.2) is 47.9 Å². The summed E-state index contributed by atoms with van der Waals surface area (Å²) in [4.78, 5) is 12.7. The molecule has 1 amide bonds. The molecule has 0 fully saturated rings. The maximum Gasteiger partial charge on any atom is 0.241 e. The molecule has 2 unspecified atom stereocenters. The van der Waals surface area contributed by atoms with Crippen molar-refractivity contribution >= 4 is 17.2 Å². The number of anilines is 1. The largest absolute Gasteiger partial charge is 0.495 e. The van der Waals surface area contributed by atoms with Crippen molar-refractivity contribution in [2.75, 3.05) is 33.8 Å². The van der Waals surface area contributed by atoms with Crippen molar-refractivity contribution < 1.29 is 23.7 Å². The predicted octanol–water partition coefficient (Wildman–Crippen LogP) is 4.68. The van der Waals surface area contributed by atoms with Crippen LogP contribution in [0, 0.1) is 5.92 Å². The highest BCUT2D eigenvalue weighted by Gasteiger charge is 2.33. The molecule has 0 saturated carbocycles. The zero-order chi connectivity index (χ0) is 28.5. The highest BCUT2D eigenvalue weighted by Crippen LogP contribution is 2.36. The first-order valence-corrected chi connectivity index (χ1v) is 12.6. The molecule has 10 nitrogen and oxygen atoms in total. The van der Waals surface area contributed by atoms with Gasteiger partial charge >= 0.3 is 0 Å². The third-order valence-electron chi connectivity index (χ3n) is 6.00. The molecule has 38 heavy (non-hydrogen) atoms. The average Bonchev–Trinajstić information content (AvgIpc) is 3.35. The second-order valence-corrected chi connectivity index (χ2v) is 9.01. The van der Waals surface area contributed by atoms with Gasteiger partial charge in [0.2, 0.25) is 5.91 Å². The van der Waals surface area contributed by atoms with Crippen LogP contribution in [0.4, 0.5) is 5.69 Å². The maximum atomic E-state index is 12.7. The lowest BCUT2D eigenvalue weighted by atomic mass is 10.0. The maximum absolute atomic E-state index is 12.7. The van der Waals surface area contributed by atoms with Crippen LogP contribution in [0.1, 0.15) is 46.7 Å². The number of ether oxygens (including phenoxy) is 4. The van der Waals surface area contributed by atoms with E-state index in [0.29, 0.717) is 46.7 Å². The van der Waals surface area contributed by atoms with Crippen molar-refractivity contribution in [3.8, 4) is 17.0 Å². The third kappa shape index (κ3) is 6.81. The number of hydrogen-bond acceptors (Lipinski definition) is 8. The lowest BCUT2D eigenvalue weighted by Crippen LogP contribution is -2.36. The number of benzene rings is 1. The molecule has 1 aliphatic rings. The van der Waals surface area contributed by atoms with E-state index in [0.717, 1.165) is 11.1 Å². The van der Waals surface area contributed by atoms with Crippen LogP contribution in [0.25, 0.3) is 16.8 Å². The molecule has 4 N–H and O–H groups in total. The molecule has 1 aliphatic carbocycles. The van der Waals surface area contributed by atoms with Crippen molar-refractivity contribution in [1.82, 2.24) is 15.4 Å². The van der Waals surface area contributed by atoms with Crippen LogP contribution >= 0.6 is 0 Å². The summed E-state index contributed by atoms with van der Waals surface area (Å²) < 4.78 is 22.4. The number of aromatic nitrogens is 3. The minimum atomic E-state index is -0.839. The Labute approximate surface area is 225 Å². The Bertz CT molecular complexity index is 1180. The van der Waals surface area contributed by atoms with Crippen molar-refractivity contribution in [3.05, 3.63) is 53.6 Å². The summed E-state index contributed by atoms with van der Waals surface area (Å²) in [7, 11) is 6.28. The lowest BCUT2D eigenvalue weighted by Gasteiger charge is -2.26. The highest BCUT2D eigenvalue weighted by molar-refractivity contribution is 5.97. The van der Waals surface area contributed by atoms with Crippen molar-refractivity contribution in [3.63, 3.8) is 0 Å². The highest BCUT2D eigenvalue weighted by atomic mass is 16.5. The van der Waals surface area contributed by atoms with E-state index in [4.69, 9.17) is 24.7 Å². The standard InChI is InChI=1S/C26H35N5O5.C2H6/c1-15(2)12-18(27)25(32)28-19-13-16(8-9-20(19)33-4)22-23(30-31-29-22)17-10-11-26(3,36-7)24(35-6)21(14-17)34-5;1-2/h8-11,13-15,18H,12,27H2,1-7H3,(H,28,32)(H,29,30,31);1-2H3. The van der Waals surface area contributed by atoms with Gasteiger partial charge in [-0.3, -0.25) is 4.79 Å². The first kappa shape index (κ1) is 30.6. The molecule has 1 aromatic heterocycles. The second-order valence-electron chi connectivity index (χ2n) is 9.01. The van der Waals surface area contributed by atoms with E-state index in [1.165, 1.54) is 0 Å². The number of amides is 1. The van der Waals surface area contributed by atoms with Gasteiger partial charge in [0.15, 0.2) is 11.5 Å². The number of rotatable bonds is 10. The summed E-state index contributed by atoms with van der Waals surface area (Å²) in [5.41, 5.74) is 8.33. The van der Waals surface area contributed by atoms with Gasteiger partial charge in [-0.05, 0) is 49.6 Å². The fourth-order valence-corrected chi connectivity index (χ4v) is 4.01. The molecule has 0 bridgehead atoms. The smallest absolute Gasteiger partial charge is 0.241 e. The predicted molar refractivity (Wildman–Crippen MR) is 149 cm³/mol. The van der Waals surface area contributed by atoms with Crippen LogP contribution in [-0.4, -0.2) is 61.4 Å². The van der Waals surface area contributed by atoms with Crippen LogP contribution < -0.4 is 15.8 Å². The molecular weight excluding hydrogens is 486 g/mol. The van der Waals surface area contributed by atoms with Gasteiger partial charge in [-0.25, -0.2) is 0 Å². The summed E-state index contributed by atoms with van der Waals surface area (Å²) in [6, 6.07) is 4.76. The van der Waals surface area contributed by atoms with Gasteiger partial charge in [0.25, 0.3) is 0 Å². The molecule has 208 valence electrons. The minimum absolute atomic E-state index is 0.283. The first-order valence-electron chi connectivity index (χ1n) is 12.6. The average molecular weight is 528 g/mol. The van der Waals surface area contributed by atoms with Gasteiger partial charge in [0, 0.05) is 18.2 Å². The number of nitrogens with one attached hydrogen (secondary N) is 2. The fourth-order valence-electron chi connectivity index (χ4n) is 4.01. The molecule has 3 rings (SSSR count). The summed E-state index contributed by atoms with van der Waals surface area (Å²) in [6.07, 6.45) is 6.14. The minimum Gasteiger partial charge on any atom is -0.495 e. The molecule has 2 atom stereocenters. The zero-order valence-electron chi connectivity index (χ0n) is 23.8.